The first-order chi connectivity index (χ1) is 8.06. The van der Waals surface area contributed by atoms with Crippen LogP contribution < -0.4 is 4.74 Å². The zero-order chi connectivity index (χ0) is 12.5. The van der Waals surface area contributed by atoms with Gasteiger partial charge in [-0.2, -0.15) is 0 Å². The Morgan fingerprint density at radius 1 is 1.18 bits per heavy atom. The third kappa shape index (κ3) is 2.15. The number of methoxy groups -OCH3 is 1. The highest BCUT2D eigenvalue weighted by atomic mass is 16.5. The van der Waals surface area contributed by atoms with Crippen LogP contribution in [0.5, 0.6) is 5.75 Å². The molecule has 0 heterocycles. The van der Waals surface area contributed by atoms with Gasteiger partial charge >= 0.3 is 0 Å². The van der Waals surface area contributed by atoms with Gasteiger partial charge in [0, 0.05) is 0 Å². The topological polar surface area (TPSA) is 46.5 Å². The van der Waals surface area contributed by atoms with Crippen LogP contribution in [0.1, 0.15) is 12.5 Å². The van der Waals surface area contributed by atoms with E-state index >= 15 is 0 Å². The van der Waals surface area contributed by atoms with E-state index in [2.05, 4.69) is 0 Å². The largest absolute Gasteiger partial charge is 0.497 e. The Hall–Kier alpha value is -1.87. The lowest BCUT2D eigenvalue weighted by Crippen LogP contribution is -2.22. The van der Waals surface area contributed by atoms with Crippen LogP contribution in [-0.2, 0) is 10.4 Å². The molecule has 0 aromatic heterocycles. The van der Waals surface area contributed by atoms with Gasteiger partial charge in [0.25, 0.3) is 0 Å². The van der Waals surface area contributed by atoms with Gasteiger partial charge in [-0.25, -0.2) is 0 Å². The van der Waals surface area contributed by atoms with Crippen molar-refractivity contribution in [1.29, 1.82) is 0 Å². The molecule has 3 nitrogen and oxygen atoms in total. The molecule has 0 saturated carbocycles. The van der Waals surface area contributed by atoms with Gasteiger partial charge in [0.05, 0.1) is 7.11 Å². The first-order valence-electron chi connectivity index (χ1n) is 5.34. The Bertz CT molecular complexity index is 558. The SMILES string of the molecule is COc1ccc2cc(C(C)(O)C=O)ccc2c1. The summed E-state index contributed by atoms with van der Waals surface area (Å²) in [5.41, 5.74) is -0.848. The van der Waals surface area contributed by atoms with Crippen LogP contribution in [0.15, 0.2) is 36.4 Å². The van der Waals surface area contributed by atoms with Crippen molar-refractivity contribution in [1.82, 2.24) is 0 Å². The fraction of sp³-hybridized carbons (Fsp3) is 0.214. The summed E-state index contributed by atoms with van der Waals surface area (Å²) in [4.78, 5) is 10.8. The molecule has 2 aromatic rings. The monoisotopic (exact) mass is 230 g/mol. The lowest BCUT2D eigenvalue weighted by molar-refractivity contribution is -0.123. The third-order valence-corrected chi connectivity index (χ3v) is 2.86. The summed E-state index contributed by atoms with van der Waals surface area (Å²) >= 11 is 0. The summed E-state index contributed by atoms with van der Waals surface area (Å²) in [6, 6.07) is 11.1. The Kier molecular flexibility index (Phi) is 2.86. The van der Waals surface area contributed by atoms with E-state index in [9.17, 15) is 9.90 Å². The van der Waals surface area contributed by atoms with Crippen LogP contribution in [0.3, 0.4) is 0 Å². The molecular formula is C14H14O3. The second-order valence-corrected chi connectivity index (χ2v) is 4.19. The number of hydrogen-bond donors (Lipinski definition) is 1. The van der Waals surface area contributed by atoms with E-state index in [0.29, 0.717) is 11.8 Å². The summed E-state index contributed by atoms with van der Waals surface area (Å²) in [6.07, 6.45) is 0.539. The number of fused-ring (bicyclic) bond motifs is 1. The minimum Gasteiger partial charge on any atom is -0.497 e. The molecule has 2 rings (SSSR count). The van der Waals surface area contributed by atoms with E-state index in [1.165, 1.54) is 6.92 Å². The van der Waals surface area contributed by atoms with Crippen LogP contribution in [-0.4, -0.2) is 18.5 Å². The number of aliphatic hydroxyl groups is 1. The van der Waals surface area contributed by atoms with Crippen molar-refractivity contribution in [2.45, 2.75) is 12.5 Å². The van der Waals surface area contributed by atoms with Crippen molar-refractivity contribution >= 4 is 17.1 Å². The van der Waals surface area contributed by atoms with Gasteiger partial charge in [-0.15, -0.1) is 0 Å². The van der Waals surface area contributed by atoms with Crippen LogP contribution in [0.4, 0.5) is 0 Å². The molecule has 3 heteroatoms. The van der Waals surface area contributed by atoms with Gasteiger partial charge in [-0.05, 0) is 41.5 Å². The van der Waals surface area contributed by atoms with Crippen LogP contribution in [0, 0.1) is 0 Å². The van der Waals surface area contributed by atoms with Gasteiger partial charge in [0.2, 0.25) is 0 Å². The standard InChI is InChI=1S/C14H14O3/c1-14(16,9-15)12-5-3-11-8-13(17-2)6-4-10(11)7-12/h3-9,16H,1-2H3. The number of aldehydes is 1. The highest BCUT2D eigenvalue weighted by molar-refractivity contribution is 5.85. The molecule has 2 aromatic carbocycles. The lowest BCUT2D eigenvalue weighted by atomic mass is 9.95. The van der Waals surface area contributed by atoms with E-state index in [-0.39, 0.29) is 0 Å². The van der Waals surface area contributed by atoms with Gasteiger partial charge in [0.15, 0.2) is 6.29 Å². The third-order valence-electron chi connectivity index (χ3n) is 2.86. The highest BCUT2D eigenvalue weighted by Gasteiger charge is 2.21. The van der Waals surface area contributed by atoms with Crippen LogP contribution >= 0.6 is 0 Å². The summed E-state index contributed by atoms with van der Waals surface area (Å²) < 4.78 is 5.14. The molecule has 0 aliphatic rings. The van der Waals surface area contributed by atoms with E-state index in [1.54, 1.807) is 13.2 Å². The number of hydrogen-bond acceptors (Lipinski definition) is 3. The predicted octanol–water partition coefficient (Wildman–Crippen LogP) is 2.25. The van der Waals surface area contributed by atoms with Gasteiger partial charge in [-0.1, -0.05) is 18.2 Å². The number of benzene rings is 2. The van der Waals surface area contributed by atoms with Gasteiger partial charge < -0.3 is 9.84 Å². The molecule has 0 fully saturated rings. The normalized spacial score (nSPS) is 14.3. The van der Waals surface area contributed by atoms with E-state index < -0.39 is 5.60 Å². The average molecular weight is 230 g/mol. The van der Waals surface area contributed by atoms with Crippen molar-refractivity contribution in [3.05, 3.63) is 42.0 Å². The molecular weight excluding hydrogens is 216 g/mol. The summed E-state index contributed by atoms with van der Waals surface area (Å²) in [7, 11) is 1.62. The van der Waals surface area contributed by atoms with Gasteiger partial charge in [0.1, 0.15) is 11.4 Å². The summed E-state index contributed by atoms with van der Waals surface area (Å²) in [5, 5.41) is 11.8. The maximum Gasteiger partial charge on any atom is 0.155 e. The fourth-order valence-corrected chi connectivity index (χ4v) is 1.73. The molecule has 0 aliphatic heterocycles. The van der Waals surface area contributed by atoms with E-state index in [4.69, 9.17) is 4.74 Å². The summed E-state index contributed by atoms with van der Waals surface area (Å²) in [6.45, 7) is 1.48. The first kappa shape index (κ1) is 11.6. The van der Waals surface area contributed by atoms with Crippen molar-refractivity contribution in [3.63, 3.8) is 0 Å². The molecule has 0 saturated heterocycles. The number of rotatable bonds is 3. The minimum absolute atomic E-state index is 0.539. The molecule has 0 spiro atoms. The van der Waals surface area contributed by atoms with E-state index in [1.807, 2.05) is 30.3 Å². The molecule has 0 bridgehead atoms. The minimum atomic E-state index is -1.44. The number of ether oxygens (including phenoxy) is 1. The Balaban J connectivity index is 2.56. The fourth-order valence-electron chi connectivity index (χ4n) is 1.73. The zero-order valence-electron chi connectivity index (χ0n) is 9.81. The number of carbonyl (C=O) groups excluding carboxylic acids is 1. The smallest absolute Gasteiger partial charge is 0.155 e. The quantitative estimate of drug-likeness (QED) is 0.823. The molecule has 1 atom stereocenters. The lowest BCUT2D eigenvalue weighted by Gasteiger charge is -2.16. The Morgan fingerprint density at radius 2 is 1.82 bits per heavy atom. The van der Waals surface area contributed by atoms with Gasteiger partial charge in [-0.3, -0.25) is 4.79 Å². The molecule has 1 N–H and O–H groups in total. The maximum absolute atomic E-state index is 10.8. The molecule has 0 aliphatic carbocycles. The van der Waals surface area contributed by atoms with Crippen LogP contribution in [0.25, 0.3) is 10.8 Å². The second kappa shape index (κ2) is 4.18. The maximum atomic E-state index is 10.8. The zero-order valence-corrected chi connectivity index (χ0v) is 9.81. The molecule has 0 radical (unpaired) electrons. The second-order valence-electron chi connectivity index (χ2n) is 4.19. The number of carbonyl (C=O) groups is 1. The first-order valence-corrected chi connectivity index (χ1v) is 5.34. The molecule has 0 amide bonds. The van der Waals surface area contributed by atoms with Crippen molar-refractivity contribution in [3.8, 4) is 5.75 Å². The molecule has 88 valence electrons. The van der Waals surface area contributed by atoms with Crippen molar-refractivity contribution < 1.29 is 14.6 Å². The van der Waals surface area contributed by atoms with E-state index in [0.717, 1.165) is 16.5 Å². The average Bonchev–Trinajstić information content (AvgIpc) is 2.37. The summed E-state index contributed by atoms with van der Waals surface area (Å²) in [5.74, 6) is 0.785. The van der Waals surface area contributed by atoms with Crippen molar-refractivity contribution in [2.75, 3.05) is 7.11 Å². The van der Waals surface area contributed by atoms with Crippen molar-refractivity contribution in [2.24, 2.45) is 0 Å². The Morgan fingerprint density at radius 3 is 2.47 bits per heavy atom. The highest BCUT2D eigenvalue weighted by Crippen LogP contribution is 2.26. The van der Waals surface area contributed by atoms with Crippen LogP contribution in [0.2, 0.25) is 0 Å². The Labute approximate surface area is 99.6 Å². The molecule has 1 unspecified atom stereocenters. The predicted molar refractivity (Wildman–Crippen MR) is 66.1 cm³/mol. The molecule has 17 heavy (non-hydrogen) atoms.